The molecule has 0 bridgehead atoms. The van der Waals surface area contributed by atoms with E-state index in [-0.39, 0.29) is 12.6 Å². The Balaban J connectivity index is 1.73. The fourth-order valence-corrected chi connectivity index (χ4v) is 4.49. The number of benzene rings is 3. The highest BCUT2D eigenvalue weighted by atomic mass is 35.5. The van der Waals surface area contributed by atoms with Gasteiger partial charge in [-0.25, -0.2) is 13.5 Å². The van der Waals surface area contributed by atoms with Crippen LogP contribution in [0.5, 0.6) is 0 Å². The van der Waals surface area contributed by atoms with Crippen LogP contribution in [0.1, 0.15) is 30.9 Å². The minimum absolute atomic E-state index is 0.0580. The average Bonchev–Trinajstić information content (AvgIpc) is 2.72. The molecule has 0 radical (unpaired) electrons. The molecule has 148 valence electrons. The lowest BCUT2D eigenvalue weighted by molar-refractivity contribution is 0.254. The molecule has 0 aliphatic carbocycles. The largest absolute Gasteiger partial charge is 0.339 e. The second-order valence-electron chi connectivity index (χ2n) is 7.17. The number of urea groups is 1. The van der Waals surface area contributed by atoms with Crippen LogP contribution >= 0.6 is 23.5 Å². The maximum absolute atomic E-state index is 14.4. The predicted octanol–water partition coefficient (Wildman–Crippen LogP) is 7.26. The monoisotopic (exact) mass is 426 g/mol. The summed E-state index contributed by atoms with van der Waals surface area (Å²) in [6, 6.07) is 19.9. The standard InChI is InChI=1S/C23H20ClFN2OS/c1-15(2)16-10-12-17(13-11-16)27-23(28)26(21-8-3-4-9-22(21)29-27)14-18-19(24)6-5-7-20(18)25/h3-13,15H,14H2,1-2H3. The van der Waals surface area contributed by atoms with E-state index in [0.29, 0.717) is 16.5 Å². The maximum Gasteiger partial charge on any atom is 0.339 e. The number of rotatable bonds is 4. The van der Waals surface area contributed by atoms with Crippen molar-refractivity contribution in [1.29, 1.82) is 0 Å². The molecule has 0 saturated carbocycles. The van der Waals surface area contributed by atoms with Crippen LogP contribution < -0.4 is 9.21 Å². The van der Waals surface area contributed by atoms with Gasteiger partial charge in [-0.2, -0.15) is 0 Å². The van der Waals surface area contributed by atoms with Crippen molar-refractivity contribution in [3.8, 4) is 0 Å². The molecule has 1 aliphatic rings. The van der Waals surface area contributed by atoms with Crippen LogP contribution in [0.2, 0.25) is 5.02 Å². The normalized spacial score (nSPS) is 13.8. The van der Waals surface area contributed by atoms with Crippen LogP contribution in [0.3, 0.4) is 0 Å². The van der Waals surface area contributed by atoms with E-state index in [9.17, 15) is 9.18 Å². The second kappa shape index (κ2) is 8.09. The average molecular weight is 427 g/mol. The summed E-state index contributed by atoms with van der Waals surface area (Å²) < 4.78 is 16.0. The van der Waals surface area contributed by atoms with Crippen molar-refractivity contribution in [3.63, 3.8) is 0 Å². The van der Waals surface area contributed by atoms with Gasteiger partial charge >= 0.3 is 6.03 Å². The Kier molecular flexibility index (Phi) is 5.52. The third-order valence-corrected chi connectivity index (χ3v) is 6.37. The predicted molar refractivity (Wildman–Crippen MR) is 118 cm³/mol. The van der Waals surface area contributed by atoms with E-state index in [2.05, 4.69) is 13.8 Å². The number of nitrogens with zero attached hydrogens (tertiary/aromatic N) is 2. The second-order valence-corrected chi connectivity index (χ2v) is 8.56. The number of anilines is 2. The van der Waals surface area contributed by atoms with Gasteiger partial charge in [0.2, 0.25) is 0 Å². The maximum atomic E-state index is 14.4. The van der Waals surface area contributed by atoms with Gasteiger partial charge in [-0.3, -0.25) is 4.90 Å². The number of carbonyl (C=O) groups excluding carboxylic acids is 1. The van der Waals surface area contributed by atoms with Gasteiger partial charge in [-0.05, 0) is 59.8 Å². The van der Waals surface area contributed by atoms with Gasteiger partial charge in [-0.15, -0.1) is 0 Å². The molecule has 4 rings (SSSR count). The lowest BCUT2D eigenvalue weighted by Crippen LogP contribution is -2.43. The van der Waals surface area contributed by atoms with E-state index >= 15 is 0 Å². The zero-order chi connectivity index (χ0) is 20.5. The molecule has 29 heavy (non-hydrogen) atoms. The zero-order valence-corrected chi connectivity index (χ0v) is 17.7. The van der Waals surface area contributed by atoms with Crippen LogP contribution in [-0.4, -0.2) is 6.03 Å². The van der Waals surface area contributed by atoms with Crippen LogP contribution in [0.4, 0.5) is 20.6 Å². The van der Waals surface area contributed by atoms with Crippen molar-refractivity contribution >= 4 is 41.0 Å². The Labute approximate surface area is 179 Å². The van der Waals surface area contributed by atoms with E-state index in [0.717, 1.165) is 16.3 Å². The smallest absolute Gasteiger partial charge is 0.288 e. The molecule has 6 heteroatoms. The molecule has 3 aromatic rings. The van der Waals surface area contributed by atoms with Gasteiger partial charge in [0, 0.05) is 10.6 Å². The van der Waals surface area contributed by atoms with E-state index in [1.54, 1.807) is 21.3 Å². The van der Waals surface area contributed by atoms with Crippen LogP contribution in [0.25, 0.3) is 0 Å². The Morgan fingerprint density at radius 1 is 1.00 bits per heavy atom. The fraction of sp³-hybridized carbons (Fsp3) is 0.174. The van der Waals surface area contributed by atoms with E-state index in [1.807, 2.05) is 48.5 Å². The first-order valence-electron chi connectivity index (χ1n) is 9.37. The quantitative estimate of drug-likeness (QED) is 0.410. The molecule has 2 amide bonds. The van der Waals surface area contributed by atoms with Crippen LogP contribution in [0, 0.1) is 5.82 Å². The SMILES string of the molecule is CC(C)c1ccc(N2Sc3ccccc3N(Cc3c(F)cccc3Cl)C2=O)cc1. The lowest BCUT2D eigenvalue weighted by atomic mass is 10.0. The summed E-state index contributed by atoms with van der Waals surface area (Å²) in [5, 5.41) is 0.307. The minimum Gasteiger partial charge on any atom is -0.288 e. The Morgan fingerprint density at radius 3 is 2.41 bits per heavy atom. The molecule has 0 saturated heterocycles. The number of amides is 2. The molecule has 3 aromatic carbocycles. The van der Waals surface area contributed by atoms with Gasteiger partial charge in [0.05, 0.1) is 22.8 Å². The van der Waals surface area contributed by atoms with Crippen molar-refractivity contribution in [1.82, 2.24) is 0 Å². The Hall–Kier alpha value is -2.50. The van der Waals surface area contributed by atoms with Crippen molar-refractivity contribution in [2.24, 2.45) is 0 Å². The first kappa shape index (κ1) is 19.8. The number of hydrogen-bond donors (Lipinski definition) is 0. The molecule has 0 unspecified atom stereocenters. The topological polar surface area (TPSA) is 23.6 Å². The summed E-state index contributed by atoms with van der Waals surface area (Å²) in [4.78, 5) is 15.9. The minimum atomic E-state index is -0.422. The number of carbonyl (C=O) groups is 1. The van der Waals surface area contributed by atoms with Gasteiger partial charge in [0.15, 0.2) is 0 Å². The van der Waals surface area contributed by atoms with E-state index < -0.39 is 5.82 Å². The van der Waals surface area contributed by atoms with Gasteiger partial charge in [0.25, 0.3) is 0 Å². The molecule has 0 fully saturated rings. The van der Waals surface area contributed by atoms with Gasteiger partial charge in [0.1, 0.15) is 5.82 Å². The van der Waals surface area contributed by atoms with Crippen molar-refractivity contribution in [3.05, 3.63) is 88.7 Å². The van der Waals surface area contributed by atoms with Crippen molar-refractivity contribution < 1.29 is 9.18 Å². The first-order valence-corrected chi connectivity index (χ1v) is 10.5. The van der Waals surface area contributed by atoms with Crippen molar-refractivity contribution in [2.45, 2.75) is 31.2 Å². The first-order chi connectivity index (χ1) is 14.0. The number of hydrogen-bond acceptors (Lipinski definition) is 2. The highest BCUT2D eigenvalue weighted by Crippen LogP contribution is 2.42. The van der Waals surface area contributed by atoms with Crippen LogP contribution in [-0.2, 0) is 6.54 Å². The summed E-state index contributed by atoms with van der Waals surface area (Å²) in [7, 11) is 0. The number of halogens is 2. The summed E-state index contributed by atoms with van der Waals surface area (Å²) >= 11 is 7.60. The summed E-state index contributed by atoms with van der Waals surface area (Å²) in [5.41, 5.74) is 3.04. The molecule has 0 spiro atoms. The van der Waals surface area contributed by atoms with E-state index in [4.69, 9.17) is 11.6 Å². The molecule has 1 heterocycles. The zero-order valence-electron chi connectivity index (χ0n) is 16.1. The molecule has 3 nitrogen and oxygen atoms in total. The third kappa shape index (κ3) is 3.85. The van der Waals surface area contributed by atoms with E-state index in [1.165, 1.54) is 23.6 Å². The highest BCUT2D eigenvalue weighted by molar-refractivity contribution is 8.01. The molecule has 0 aromatic heterocycles. The van der Waals surface area contributed by atoms with Gasteiger partial charge in [-0.1, -0.05) is 55.8 Å². The molecule has 0 atom stereocenters. The third-order valence-electron chi connectivity index (χ3n) is 4.92. The molecular weight excluding hydrogens is 407 g/mol. The fourth-order valence-electron chi connectivity index (χ4n) is 3.26. The molecule has 0 N–H and O–H groups in total. The van der Waals surface area contributed by atoms with Crippen LogP contribution in [0.15, 0.2) is 71.6 Å². The Bertz CT molecular complexity index is 1030. The molecular formula is C23H20ClFN2OS. The molecule has 1 aliphatic heterocycles. The highest BCUT2D eigenvalue weighted by Gasteiger charge is 2.33. The summed E-state index contributed by atoms with van der Waals surface area (Å²) in [6.07, 6.45) is 0. The van der Waals surface area contributed by atoms with Crippen molar-refractivity contribution in [2.75, 3.05) is 9.21 Å². The Morgan fingerprint density at radius 2 is 1.72 bits per heavy atom. The number of para-hydroxylation sites is 1. The lowest BCUT2D eigenvalue weighted by Gasteiger charge is -2.36. The summed E-state index contributed by atoms with van der Waals surface area (Å²) in [6.45, 7) is 4.32. The number of fused-ring (bicyclic) bond motifs is 1. The summed E-state index contributed by atoms with van der Waals surface area (Å²) in [5.74, 6) is -0.0111. The van der Waals surface area contributed by atoms with Gasteiger partial charge < -0.3 is 0 Å².